The van der Waals surface area contributed by atoms with E-state index < -0.39 is 0 Å². The van der Waals surface area contributed by atoms with Gasteiger partial charge in [0.1, 0.15) is 0 Å². The molecule has 1 unspecified atom stereocenters. The summed E-state index contributed by atoms with van der Waals surface area (Å²) < 4.78 is 0. The molecule has 0 bridgehead atoms. The number of aliphatic hydroxyl groups excluding tert-OH is 1. The van der Waals surface area contributed by atoms with Crippen molar-refractivity contribution in [1.29, 1.82) is 0 Å². The van der Waals surface area contributed by atoms with Crippen LogP contribution in [-0.4, -0.2) is 11.2 Å². The van der Waals surface area contributed by atoms with Gasteiger partial charge >= 0.3 is 0 Å². The molecule has 0 aliphatic carbocycles. The van der Waals surface area contributed by atoms with Gasteiger partial charge in [-0.15, -0.1) is 0 Å². The number of aliphatic hydroxyl groups is 1. The van der Waals surface area contributed by atoms with Crippen molar-refractivity contribution in [1.82, 2.24) is 0 Å². The summed E-state index contributed by atoms with van der Waals surface area (Å²) in [7, 11) is 0. The van der Waals surface area contributed by atoms with Crippen LogP contribution >= 0.6 is 0 Å². The summed E-state index contributed by atoms with van der Waals surface area (Å²) in [5, 5.41) is 9.74. The lowest BCUT2D eigenvalue weighted by atomic mass is 9.81. The van der Waals surface area contributed by atoms with Gasteiger partial charge in [-0.05, 0) is 25.8 Å². The molecule has 0 aliphatic rings. The maximum absolute atomic E-state index is 9.74. The van der Waals surface area contributed by atoms with E-state index in [1.54, 1.807) is 6.08 Å². The molecule has 1 nitrogen and oxygen atoms in total. The van der Waals surface area contributed by atoms with Crippen molar-refractivity contribution < 1.29 is 5.11 Å². The topological polar surface area (TPSA) is 20.2 Å². The summed E-state index contributed by atoms with van der Waals surface area (Å²) in [6.07, 6.45) is 1.17. The highest BCUT2D eigenvalue weighted by molar-refractivity contribution is 5.19. The molecule has 12 heavy (non-hydrogen) atoms. The summed E-state index contributed by atoms with van der Waals surface area (Å²) in [5.41, 5.74) is -0.345. The van der Waals surface area contributed by atoms with Crippen LogP contribution in [-0.2, 0) is 0 Å². The van der Waals surface area contributed by atoms with E-state index in [4.69, 9.17) is 0 Å². The van der Waals surface area contributed by atoms with Crippen LogP contribution in [0.15, 0.2) is 12.7 Å². The summed E-state index contributed by atoms with van der Waals surface area (Å²) >= 11 is 0. The largest absolute Gasteiger partial charge is 0.391 e. The first-order chi connectivity index (χ1) is 5.41. The summed E-state index contributed by atoms with van der Waals surface area (Å²) in [4.78, 5) is 0. The molecule has 0 saturated carbocycles. The van der Waals surface area contributed by atoms with Gasteiger partial charge in [0, 0.05) is 0 Å². The lowest BCUT2D eigenvalue weighted by Crippen LogP contribution is -2.32. The predicted molar refractivity (Wildman–Crippen MR) is 52.6 cm³/mol. The van der Waals surface area contributed by atoms with Crippen molar-refractivity contribution in [2.75, 3.05) is 0 Å². The molecule has 1 N–H and O–H groups in total. The van der Waals surface area contributed by atoms with Gasteiger partial charge in [-0.2, -0.15) is 0 Å². The first-order valence-corrected chi connectivity index (χ1v) is 4.23. The van der Waals surface area contributed by atoms with Crippen LogP contribution in [0.5, 0.6) is 0 Å². The molecule has 0 amide bonds. The van der Waals surface area contributed by atoms with Crippen LogP contribution in [0.25, 0.3) is 0 Å². The van der Waals surface area contributed by atoms with Gasteiger partial charge in [0.15, 0.2) is 0 Å². The van der Waals surface area contributed by atoms with Crippen LogP contribution < -0.4 is 0 Å². The van der Waals surface area contributed by atoms with Gasteiger partial charge in [-0.3, -0.25) is 0 Å². The molecule has 0 aliphatic heterocycles. The molecular formula is C11H18O. The van der Waals surface area contributed by atoms with Crippen LogP contribution in [0.2, 0.25) is 0 Å². The summed E-state index contributed by atoms with van der Waals surface area (Å²) in [6.45, 7) is 11.4. The molecular weight excluding hydrogens is 148 g/mol. The molecule has 0 heterocycles. The zero-order valence-corrected chi connectivity index (χ0v) is 8.39. The fourth-order valence-electron chi connectivity index (χ4n) is 1.14. The molecule has 1 atom stereocenters. The zero-order valence-electron chi connectivity index (χ0n) is 8.39. The van der Waals surface area contributed by atoms with Gasteiger partial charge in [0.05, 0.1) is 11.5 Å². The monoisotopic (exact) mass is 166 g/mol. The van der Waals surface area contributed by atoms with E-state index in [1.165, 1.54) is 0 Å². The highest BCUT2D eigenvalue weighted by atomic mass is 16.3. The molecule has 0 rings (SSSR count). The summed E-state index contributed by atoms with van der Waals surface area (Å²) in [5.74, 6) is 5.99. The minimum Gasteiger partial charge on any atom is -0.391 e. The van der Waals surface area contributed by atoms with E-state index in [9.17, 15) is 5.11 Å². The van der Waals surface area contributed by atoms with Crippen LogP contribution in [0.4, 0.5) is 0 Å². The lowest BCUT2D eigenvalue weighted by molar-refractivity contribution is 0.0464. The minimum atomic E-state index is -0.384. The van der Waals surface area contributed by atoms with Crippen molar-refractivity contribution in [3.05, 3.63) is 12.7 Å². The Hall–Kier alpha value is -0.740. The Bertz CT molecular complexity index is 203. The van der Waals surface area contributed by atoms with E-state index in [2.05, 4.69) is 18.4 Å². The normalized spacial score (nSPS) is 13.5. The highest BCUT2D eigenvalue weighted by Crippen LogP contribution is 2.24. The van der Waals surface area contributed by atoms with Gasteiger partial charge < -0.3 is 5.11 Å². The molecule has 0 spiro atoms. The van der Waals surface area contributed by atoms with Crippen molar-refractivity contribution in [2.24, 2.45) is 11.3 Å². The number of allylic oxidation sites excluding steroid dienone is 1. The molecule has 0 radical (unpaired) electrons. The molecule has 0 saturated heterocycles. The SMILES string of the molecule is C=CC#CC(C)(C)C(O)C(C)C. The third kappa shape index (κ3) is 3.11. The first-order valence-electron chi connectivity index (χ1n) is 4.23. The Morgan fingerprint density at radius 2 is 1.92 bits per heavy atom. The third-order valence-corrected chi connectivity index (χ3v) is 1.87. The Morgan fingerprint density at radius 1 is 1.42 bits per heavy atom. The number of hydrogen-bond acceptors (Lipinski definition) is 1. The van der Waals surface area contributed by atoms with Crippen LogP contribution in [0, 0.1) is 23.2 Å². The van der Waals surface area contributed by atoms with E-state index >= 15 is 0 Å². The molecule has 1 heteroatoms. The quantitative estimate of drug-likeness (QED) is 0.624. The van der Waals surface area contributed by atoms with Crippen molar-refractivity contribution in [2.45, 2.75) is 33.8 Å². The van der Waals surface area contributed by atoms with Gasteiger partial charge in [-0.1, -0.05) is 32.3 Å². The van der Waals surface area contributed by atoms with Crippen molar-refractivity contribution in [3.63, 3.8) is 0 Å². The van der Waals surface area contributed by atoms with Crippen molar-refractivity contribution >= 4 is 0 Å². The molecule has 0 fully saturated rings. The van der Waals surface area contributed by atoms with E-state index in [-0.39, 0.29) is 17.4 Å². The third-order valence-electron chi connectivity index (χ3n) is 1.87. The summed E-state index contributed by atoms with van der Waals surface area (Å²) in [6, 6.07) is 0. The Morgan fingerprint density at radius 3 is 2.25 bits per heavy atom. The van der Waals surface area contributed by atoms with E-state index in [1.807, 2.05) is 27.7 Å². The second-order valence-electron chi connectivity index (χ2n) is 3.88. The van der Waals surface area contributed by atoms with Gasteiger partial charge in [-0.25, -0.2) is 0 Å². The van der Waals surface area contributed by atoms with Crippen molar-refractivity contribution in [3.8, 4) is 11.8 Å². The minimum absolute atomic E-state index is 0.235. The second kappa shape index (κ2) is 4.33. The standard InChI is InChI=1S/C11H18O/c1-6-7-8-11(4,5)10(12)9(2)3/h6,9-10,12H,1H2,2-5H3. The Kier molecular flexibility index (Phi) is 4.06. The first kappa shape index (κ1) is 11.3. The van der Waals surface area contributed by atoms with E-state index in [0.717, 1.165) is 0 Å². The predicted octanol–water partition coefficient (Wildman–Crippen LogP) is 2.22. The maximum atomic E-state index is 9.74. The molecule has 0 aromatic carbocycles. The molecule has 0 aromatic heterocycles. The van der Waals surface area contributed by atoms with Crippen LogP contribution in [0.3, 0.4) is 0 Å². The second-order valence-corrected chi connectivity index (χ2v) is 3.88. The Balaban J connectivity index is 4.48. The molecule has 0 aromatic rings. The maximum Gasteiger partial charge on any atom is 0.0723 e. The fraction of sp³-hybridized carbons (Fsp3) is 0.636. The molecule has 68 valence electrons. The van der Waals surface area contributed by atoms with Crippen LogP contribution in [0.1, 0.15) is 27.7 Å². The Labute approximate surface area is 75.5 Å². The lowest BCUT2D eigenvalue weighted by Gasteiger charge is -2.27. The fourth-order valence-corrected chi connectivity index (χ4v) is 1.14. The number of hydrogen-bond donors (Lipinski definition) is 1. The smallest absolute Gasteiger partial charge is 0.0723 e. The van der Waals surface area contributed by atoms with Gasteiger partial charge in [0.2, 0.25) is 0 Å². The zero-order chi connectivity index (χ0) is 9.78. The average molecular weight is 166 g/mol. The highest BCUT2D eigenvalue weighted by Gasteiger charge is 2.27. The van der Waals surface area contributed by atoms with E-state index in [0.29, 0.717) is 0 Å². The average Bonchev–Trinajstić information content (AvgIpc) is 1.99. The van der Waals surface area contributed by atoms with Gasteiger partial charge in [0.25, 0.3) is 0 Å². The number of rotatable bonds is 2.